The Morgan fingerprint density at radius 1 is 1.67 bits per heavy atom. The van der Waals surface area contributed by atoms with E-state index < -0.39 is 5.41 Å². The summed E-state index contributed by atoms with van der Waals surface area (Å²) in [6.45, 7) is 5.22. The Bertz CT molecular complexity index is 473. The third-order valence-electron chi connectivity index (χ3n) is 3.14. The molecule has 1 unspecified atom stereocenters. The molecule has 0 saturated carbocycles. The minimum absolute atomic E-state index is 0.107. The number of hydrogen-bond donors (Lipinski definition) is 3. The second-order valence-electron chi connectivity index (χ2n) is 4.26. The van der Waals surface area contributed by atoms with Gasteiger partial charge < -0.3 is 16.3 Å². The van der Waals surface area contributed by atoms with Gasteiger partial charge in [-0.05, 0) is 32.4 Å². The number of hydrogen-bond acceptors (Lipinski definition) is 4. The van der Waals surface area contributed by atoms with Crippen molar-refractivity contribution in [3.8, 4) is 0 Å². The first-order valence-corrected chi connectivity index (χ1v) is 5.66. The minimum Gasteiger partial charge on any atom is -0.409 e. The highest BCUT2D eigenvalue weighted by Crippen LogP contribution is 2.24. The number of pyridine rings is 1. The first kappa shape index (κ1) is 14.0. The summed E-state index contributed by atoms with van der Waals surface area (Å²) >= 11 is 0. The van der Waals surface area contributed by atoms with Crippen LogP contribution in [-0.4, -0.2) is 21.9 Å². The maximum absolute atomic E-state index is 12.2. The van der Waals surface area contributed by atoms with E-state index in [4.69, 9.17) is 10.9 Å². The van der Waals surface area contributed by atoms with Gasteiger partial charge >= 0.3 is 0 Å². The quantitative estimate of drug-likeness (QED) is 0.326. The van der Waals surface area contributed by atoms with Gasteiger partial charge in [0.05, 0.1) is 11.4 Å². The molecule has 0 radical (unpaired) electrons. The second kappa shape index (κ2) is 5.48. The zero-order valence-electron chi connectivity index (χ0n) is 10.8. The van der Waals surface area contributed by atoms with Crippen molar-refractivity contribution >= 4 is 17.4 Å². The number of amides is 1. The van der Waals surface area contributed by atoms with E-state index in [1.54, 1.807) is 39.1 Å². The van der Waals surface area contributed by atoms with Crippen LogP contribution in [0.15, 0.2) is 23.5 Å². The zero-order valence-corrected chi connectivity index (χ0v) is 10.8. The molecule has 4 N–H and O–H groups in total. The van der Waals surface area contributed by atoms with E-state index in [2.05, 4.69) is 15.5 Å². The molecule has 18 heavy (non-hydrogen) atoms. The number of aryl methyl sites for hydroxylation is 1. The highest BCUT2D eigenvalue weighted by atomic mass is 16.4. The molecule has 6 nitrogen and oxygen atoms in total. The summed E-state index contributed by atoms with van der Waals surface area (Å²) < 4.78 is 0. The molecule has 1 heterocycles. The number of nitrogens with zero attached hydrogens (tertiary/aromatic N) is 2. The number of carbonyl (C=O) groups excluding carboxylic acids is 1. The van der Waals surface area contributed by atoms with Crippen molar-refractivity contribution in [3.05, 3.63) is 24.0 Å². The van der Waals surface area contributed by atoms with Crippen molar-refractivity contribution in [2.45, 2.75) is 27.2 Å². The lowest BCUT2D eigenvalue weighted by Crippen LogP contribution is -2.44. The van der Waals surface area contributed by atoms with Crippen LogP contribution >= 0.6 is 0 Å². The van der Waals surface area contributed by atoms with Crippen LogP contribution in [0.3, 0.4) is 0 Å². The molecule has 0 bridgehead atoms. The zero-order chi connectivity index (χ0) is 13.8. The molecule has 98 valence electrons. The second-order valence-corrected chi connectivity index (χ2v) is 4.26. The number of oxime groups is 1. The lowest BCUT2D eigenvalue weighted by molar-refractivity contribution is -0.121. The fourth-order valence-corrected chi connectivity index (χ4v) is 1.44. The van der Waals surface area contributed by atoms with Gasteiger partial charge in [-0.2, -0.15) is 0 Å². The van der Waals surface area contributed by atoms with Gasteiger partial charge in [-0.15, -0.1) is 0 Å². The van der Waals surface area contributed by atoms with Gasteiger partial charge in [-0.25, -0.2) is 0 Å². The highest BCUT2D eigenvalue weighted by Gasteiger charge is 2.36. The van der Waals surface area contributed by atoms with E-state index >= 15 is 0 Å². The summed E-state index contributed by atoms with van der Waals surface area (Å²) in [5, 5.41) is 14.4. The first-order chi connectivity index (χ1) is 8.45. The van der Waals surface area contributed by atoms with E-state index in [1.807, 2.05) is 0 Å². The molecular formula is C12H18N4O2. The molecule has 1 amide bonds. The van der Waals surface area contributed by atoms with Crippen LogP contribution in [0, 0.1) is 12.3 Å². The lowest BCUT2D eigenvalue weighted by Gasteiger charge is -2.25. The predicted molar refractivity (Wildman–Crippen MR) is 69.4 cm³/mol. The molecule has 0 aliphatic heterocycles. The van der Waals surface area contributed by atoms with Crippen LogP contribution in [0.5, 0.6) is 0 Å². The van der Waals surface area contributed by atoms with Gasteiger partial charge in [0.1, 0.15) is 5.41 Å². The summed E-state index contributed by atoms with van der Waals surface area (Å²) in [5.41, 5.74) is 5.86. The summed E-state index contributed by atoms with van der Waals surface area (Å²) in [5.74, 6) is -0.430. The van der Waals surface area contributed by atoms with Crippen LogP contribution in [0.4, 0.5) is 5.69 Å². The molecular weight excluding hydrogens is 232 g/mol. The Hall–Kier alpha value is -2.11. The number of nitrogens with two attached hydrogens (primary N) is 1. The largest absolute Gasteiger partial charge is 0.409 e. The molecule has 0 aliphatic carbocycles. The molecule has 6 heteroatoms. The number of amidine groups is 1. The molecule has 1 atom stereocenters. The Balaban J connectivity index is 2.98. The molecule has 0 fully saturated rings. The molecule has 1 aromatic heterocycles. The molecule has 0 saturated heterocycles. The van der Waals surface area contributed by atoms with E-state index in [0.29, 0.717) is 17.8 Å². The monoisotopic (exact) mass is 250 g/mol. The predicted octanol–water partition coefficient (Wildman–Crippen LogP) is 1.49. The van der Waals surface area contributed by atoms with Crippen molar-refractivity contribution in [1.82, 2.24) is 4.98 Å². The van der Waals surface area contributed by atoms with Crippen molar-refractivity contribution in [2.75, 3.05) is 5.32 Å². The standard InChI is InChI=1S/C12H18N4O2/c1-4-12(3,10(13)16-18)11(17)15-9-6-5-7-14-8(9)2/h5-7,18H,4H2,1-3H3,(H2,13,16)(H,15,17). The van der Waals surface area contributed by atoms with E-state index in [9.17, 15) is 4.79 Å². The van der Waals surface area contributed by atoms with E-state index in [1.165, 1.54) is 0 Å². The molecule has 0 aliphatic rings. The van der Waals surface area contributed by atoms with Crippen molar-refractivity contribution in [2.24, 2.45) is 16.3 Å². The Morgan fingerprint density at radius 3 is 2.83 bits per heavy atom. The van der Waals surface area contributed by atoms with E-state index in [0.717, 1.165) is 0 Å². The molecule has 0 aromatic carbocycles. The lowest BCUT2D eigenvalue weighted by atomic mass is 9.85. The van der Waals surface area contributed by atoms with Crippen molar-refractivity contribution in [3.63, 3.8) is 0 Å². The summed E-state index contributed by atoms with van der Waals surface area (Å²) in [6.07, 6.45) is 2.07. The Labute approximate surface area is 106 Å². The molecule has 0 spiro atoms. The van der Waals surface area contributed by atoms with Crippen LogP contribution in [0.25, 0.3) is 0 Å². The summed E-state index contributed by atoms with van der Waals surface area (Å²) in [4.78, 5) is 16.3. The van der Waals surface area contributed by atoms with Crippen molar-refractivity contribution in [1.29, 1.82) is 0 Å². The average Bonchev–Trinajstić information content (AvgIpc) is 2.39. The van der Waals surface area contributed by atoms with E-state index in [-0.39, 0.29) is 11.7 Å². The molecule has 1 rings (SSSR count). The highest BCUT2D eigenvalue weighted by molar-refractivity contribution is 6.11. The topological polar surface area (TPSA) is 101 Å². The maximum atomic E-state index is 12.2. The van der Waals surface area contributed by atoms with Gasteiger partial charge in [0.25, 0.3) is 0 Å². The van der Waals surface area contributed by atoms with Crippen LogP contribution in [-0.2, 0) is 4.79 Å². The van der Waals surface area contributed by atoms with Crippen LogP contribution in [0.1, 0.15) is 26.0 Å². The fraction of sp³-hybridized carbons (Fsp3) is 0.417. The summed E-state index contributed by atoms with van der Waals surface area (Å²) in [6, 6.07) is 3.48. The minimum atomic E-state index is -1.04. The molecule has 1 aromatic rings. The number of nitrogens with one attached hydrogen (secondary N) is 1. The van der Waals surface area contributed by atoms with Gasteiger partial charge in [-0.3, -0.25) is 9.78 Å². The summed E-state index contributed by atoms with van der Waals surface area (Å²) in [7, 11) is 0. The van der Waals surface area contributed by atoms with Gasteiger partial charge in [0.15, 0.2) is 5.84 Å². The third kappa shape index (κ3) is 2.58. The smallest absolute Gasteiger partial charge is 0.238 e. The van der Waals surface area contributed by atoms with Crippen molar-refractivity contribution < 1.29 is 10.0 Å². The Morgan fingerprint density at radius 2 is 2.33 bits per heavy atom. The van der Waals surface area contributed by atoms with Gasteiger partial charge in [0, 0.05) is 6.20 Å². The SMILES string of the molecule is CCC(C)(C(=O)Nc1cccnc1C)/C(N)=N/O. The maximum Gasteiger partial charge on any atom is 0.238 e. The van der Waals surface area contributed by atoms with Gasteiger partial charge in [-0.1, -0.05) is 12.1 Å². The Kier molecular flexibility index (Phi) is 4.25. The fourth-order valence-electron chi connectivity index (χ4n) is 1.44. The third-order valence-corrected chi connectivity index (χ3v) is 3.14. The first-order valence-electron chi connectivity index (χ1n) is 5.66. The number of anilines is 1. The normalized spacial score (nSPS) is 14.9. The number of carbonyl (C=O) groups is 1. The average molecular weight is 250 g/mol. The number of rotatable bonds is 4. The van der Waals surface area contributed by atoms with Gasteiger partial charge in [0.2, 0.25) is 5.91 Å². The number of aromatic nitrogens is 1. The van der Waals surface area contributed by atoms with Crippen LogP contribution in [0.2, 0.25) is 0 Å². The van der Waals surface area contributed by atoms with Crippen LogP contribution < -0.4 is 11.1 Å².